The number of rotatable bonds is 6. The van der Waals surface area contributed by atoms with Crippen molar-refractivity contribution in [3.63, 3.8) is 0 Å². The fraction of sp³-hybridized carbons (Fsp3) is 0.214. The lowest BCUT2D eigenvalue weighted by atomic mass is 10.3. The van der Waals surface area contributed by atoms with Crippen LogP contribution in [0.1, 0.15) is 11.4 Å². The summed E-state index contributed by atoms with van der Waals surface area (Å²) in [7, 11) is 0. The standard InChI is InChI=1S/C14H16N6/c1-2-4-14(5-3-1)20-18-10-13(19-20)9-15-7-6-12-8-16-11-17-12/h1-5,8,10-11,15H,6-7,9H2,(H,16,17). The molecule has 3 rings (SSSR count). The number of nitrogens with one attached hydrogen (secondary N) is 2. The van der Waals surface area contributed by atoms with Gasteiger partial charge in [-0.25, -0.2) is 4.98 Å². The summed E-state index contributed by atoms with van der Waals surface area (Å²) in [6.45, 7) is 1.58. The lowest BCUT2D eigenvalue weighted by Crippen LogP contribution is -2.17. The van der Waals surface area contributed by atoms with Gasteiger partial charge in [0.25, 0.3) is 0 Å². The molecule has 3 aromatic rings. The van der Waals surface area contributed by atoms with Gasteiger partial charge in [0.2, 0.25) is 0 Å². The average Bonchev–Trinajstić information content (AvgIpc) is 3.16. The molecule has 102 valence electrons. The van der Waals surface area contributed by atoms with Gasteiger partial charge in [-0.3, -0.25) is 0 Å². The van der Waals surface area contributed by atoms with E-state index in [0.717, 1.165) is 30.0 Å². The Kier molecular flexibility index (Phi) is 3.84. The number of hydrogen-bond donors (Lipinski definition) is 2. The van der Waals surface area contributed by atoms with Gasteiger partial charge >= 0.3 is 0 Å². The Morgan fingerprint density at radius 3 is 2.85 bits per heavy atom. The third kappa shape index (κ3) is 3.10. The Labute approximate surface area is 116 Å². The van der Waals surface area contributed by atoms with Crippen LogP contribution in [0.4, 0.5) is 0 Å². The first-order chi connectivity index (χ1) is 9.92. The van der Waals surface area contributed by atoms with E-state index < -0.39 is 0 Å². The van der Waals surface area contributed by atoms with Crippen molar-refractivity contribution in [3.8, 4) is 5.69 Å². The zero-order valence-corrected chi connectivity index (χ0v) is 11.0. The van der Waals surface area contributed by atoms with Crippen LogP contribution in [0, 0.1) is 0 Å². The molecule has 0 aliphatic rings. The average molecular weight is 268 g/mol. The molecule has 20 heavy (non-hydrogen) atoms. The summed E-state index contributed by atoms with van der Waals surface area (Å²) in [6.07, 6.45) is 6.25. The van der Waals surface area contributed by atoms with Crippen LogP contribution < -0.4 is 5.32 Å². The highest BCUT2D eigenvalue weighted by Crippen LogP contribution is 2.04. The lowest BCUT2D eigenvalue weighted by Gasteiger charge is -2.01. The zero-order chi connectivity index (χ0) is 13.6. The summed E-state index contributed by atoms with van der Waals surface area (Å²) in [5, 5.41) is 12.0. The Bertz CT molecular complexity index is 629. The fourth-order valence-corrected chi connectivity index (χ4v) is 1.92. The minimum absolute atomic E-state index is 0.709. The fourth-order valence-electron chi connectivity index (χ4n) is 1.92. The molecule has 0 atom stereocenters. The van der Waals surface area contributed by atoms with Gasteiger partial charge in [0, 0.05) is 31.4 Å². The van der Waals surface area contributed by atoms with Crippen LogP contribution in [0.3, 0.4) is 0 Å². The Hall–Kier alpha value is -2.47. The van der Waals surface area contributed by atoms with E-state index in [9.17, 15) is 0 Å². The summed E-state index contributed by atoms with van der Waals surface area (Å²) >= 11 is 0. The van der Waals surface area contributed by atoms with Crippen LogP contribution in [0.15, 0.2) is 49.1 Å². The number of hydrogen-bond acceptors (Lipinski definition) is 4. The molecule has 2 heterocycles. The molecule has 6 heteroatoms. The van der Waals surface area contributed by atoms with Gasteiger partial charge in [-0.1, -0.05) is 18.2 Å². The lowest BCUT2D eigenvalue weighted by molar-refractivity contribution is 0.656. The first-order valence-corrected chi connectivity index (χ1v) is 6.56. The maximum atomic E-state index is 4.44. The van der Waals surface area contributed by atoms with Crippen molar-refractivity contribution in [2.45, 2.75) is 13.0 Å². The monoisotopic (exact) mass is 268 g/mol. The van der Waals surface area contributed by atoms with Gasteiger partial charge in [0.05, 0.1) is 23.9 Å². The molecule has 0 unspecified atom stereocenters. The number of benzene rings is 1. The van der Waals surface area contributed by atoms with Crippen LogP contribution >= 0.6 is 0 Å². The van der Waals surface area contributed by atoms with Crippen molar-refractivity contribution in [3.05, 3.63) is 60.4 Å². The summed E-state index contributed by atoms with van der Waals surface area (Å²) in [6, 6.07) is 9.89. The predicted octanol–water partition coefficient (Wildman–Crippen LogP) is 1.32. The van der Waals surface area contributed by atoms with Crippen molar-refractivity contribution in [2.24, 2.45) is 0 Å². The third-order valence-corrected chi connectivity index (χ3v) is 2.96. The summed E-state index contributed by atoms with van der Waals surface area (Å²) < 4.78 is 0. The van der Waals surface area contributed by atoms with Gasteiger partial charge in [0.15, 0.2) is 0 Å². The summed E-state index contributed by atoms with van der Waals surface area (Å²) in [4.78, 5) is 8.71. The molecule has 0 fully saturated rings. The molecule has 0 saturated carbocycles. The maximum absolute atomic E-state index is 4.44. The SMILES string of the molecule is c1ccc(-n2ncc(CNCCc3cnc[nH]3)n2)cc1. The van der Waals surface area contributed by atoms with E-state index in [1.54, 1.807) is 17.3 Å². The van der Waals surface area contributed by atoms with E-state index in [0.29, 0.717) is 6.54 Å². The van der Waals surface area contributed by atoms with Crippen LogP contribution in [0.5, 0.6) is 0 Å². The van der Waals surface area contributed by atoms with E-state index in [2.05, 4.69) is 25.5 Å². The van der Waals surface area contributed by atoms with Crippen LogP contribution in [0.2, 0.25) is 0 Å². The second-order valence-corrected chi connectivity index (χ2v) is 4.46. The normalized spacial score (nSPS) is 10.8. The molecule has 0 aliphatic heterocycles. The quantitative estimate of drug-likeness (QED) is 0.661. The number of aromatic amines is 1. The van der Waals surface area contributed by atoms with Gasteiger partial charge < -0.3 is 10.3 Å². The number of nitrogens with zero attached hydrogens (tertiary/aromatic N) is 4. The van der Waals surface area contributed by atoms with Crippen molar-refractivity contribution in [2.75, 3.05) is 6.54 Å². The second kappa shape index (κ2) is 6.12. The highest BCUT2D eigenvalue weighted by Gasteiger charge is 2.02. The molecule has 0 aliphatic carbocycles. The van der Waals surface area contributed by atoms with Crippen LogP contribution in [0.25, 0.3) is 5.69 Å². The largest absolute Gasteiger partial charge is 0.348 e. The predicted molar refractivity (Wildman–Crippen MR) is 75.4 cm³/mol. The first-order valence-electron chi connectivity index (χ1n) is 6.56. The smallest absolute Gasteiger partial charge is 0.0969 e. The Morgan fingerprint density at radius 2 is 2.05 bits per heavy atom. The third-order valence-electron chi connectivity index (χ3n) is 2.96. The van der Waals surface area contributed by atoms with Crippen molar-refractivity contribution < 1.29 is 0 Å². The van der Waals surface area contributed by atoms with Gasteiger partial charge in [-0.15, -0.1) is 0 Å². The molecule has 6 nitrogen and oxygen atoms in total. The topological polar surface area (TPSA) is 71.4 Å². The number of para-hydroxylation sites is 1. The molecule has 0 radical (unpaired) electrons. The molecular formula is C14H16N6. The molecule has 0 saturated heterocycles. The molecule has 0 spiro atoms. The first kappa shape index (κ1) is 12.6. The molecule has 2 aromatic heterocycles. The molecule has 1 aromatic carbocycles. The summed E-state index contributed by atoms with van der Waals surface area (Å²) in [5.74, 6) is 0. The van der Waals surface area contributed by atoms with E-state index in [-0.39, 0.29) is 0 Å². The van der Waals surface area contributed by atoms with E-state index >= 15 is 0 Å². The number of H-pyrrole nitrogens is 1. The van der Waals surface area contributed by atoms with E-state index in [1.807, 2.05) is 36.5 Å². The number of aromatic nitrogens is 5. The highest BCUT2D eigenvalue weighted by atomic mass is 15.5. The van der Waals surface area contributed by atoms with Gasteiger partial charge in [0.1, 0.15) is 0 Å². The minimum atomic E-state index is 0.709. The van der Waals surface area contributed by atoms with Gasteiger partial charge in [-0.05, 0) is 12.1 Å². The zero-order valence-electron chi connectivity index (χ0n) is 11.0. The molecule has 0 amide bonds. The maximum Gasteiger partial charge on any atom is 0.0969 e. The van der Waals surface area contributed by atoms with Crippen molar-refractivity contribution in [1.82, 2.24) is 30.3 Å². The minimum Gasteiger partial charge on any atom is -0.348 e. The number of imidazole rings is 1. The molecular weight excluding hydrogens is 252 g/mol. The molecule has 0 bridgehead atoms. The van der Waals surface area contributed by atoms with Crippen molar-refractivity contribution >= 4 is 0 Å². The highest BCUT2D eigenvalue weighted by molar-refractivity contribution is 5.28. The van der Waals surface area contributed by atoms with Crippen molar-refractivity contribution in [1.29, 1.82) is 0 Å². The Balaban J connectivity index is 1.50. The van der Waals surface area contributed by atoms with Gasteiger partial charge in [-0.2, -0.15) is 15.0 Å². The Morgan fingerprint density at radius 1 is 1.15 bits per heavy atom. The van der Waals surface area contributed by atoms with Crippen LogP contribution in [-0.2, 0) is 13.0 Å². The van der Waals surface area contributed by atoms with Crippen LogP contribution in [-0.4, -0.2) is 31.5 Å². The van der Waals surface area contributed by atoms with E-state index in [1.165, 1.54) is 0 Å². The molecule has 2 N–H and O–H groups in total. The van der Waals surface area contributed by atoms with E-state index in [4.69, 9.17) is 0 Å². The summed E-state index contributed by atoms with van der Waals surface area (Å²) in [5.41, 5.74) is 3.03. The second-order valence-electron chi connectivity index (χ2n) is 4.46.